The van der Waals surface area contributed by atoms with E-state index in [1.165, 1.54) is 11.1 Å². The molecule has 0 aliphatic carbocycles. The van der Waals surface area contributed by atoms with Gasteiger partial charge < -0.3 is 8.83 Å². The third-order valence-corrected chi connectivity index (χ3v) is 10.5. The highest BCUT2D eigenvalue weighted by molar-refractivity contribution is 6.11. The molecule has 4 heteroatoms. The van der Waals surface area contributed by atoms with Crippen molar-refractivity contribution in [3.8, 4) is 56.2 Å². The maximum absolute atomic E-state index is 6.57. The molecule has 0 aliphatic heterocycles. The first kappa shape index (κ1) is 30.3. The number of nitrogens with zero attached hydrogens (tertiary/aromatic N) is 2. The smallest absolute Gasteiger partial charge is 0.161 e. The Morgan fingerprint density at radius 1 is 0.333 bits per heavy atom. The Labute approximate surface area is 310 Å². The first-order valence-corrected chi connectivity index (χ1v) is 18.2. The molecule has 3 heterocycles. The van der Waals surface area contributed by atoms with Crippen molar-refractivity contribution in [1.82, 2.24) is 9.97 Å². The van der Waals surface area contributed by atoms with Gasteiger partial charge in [-0.15, -0.1) is 0 Å². The van der Waals surface area contributed by atoms with E-state index in [1.54, 1.807) is 0 Å². The molecule has 54 heavy (non-hydrogen) atoms. The van der Waals surface area contributed by atoms with E-state index in [9.17, 15) is 0 Å². The monoisotopic (exact) mass is 690 g/mol. The van der Waals surface area contributed by atoms with Crippen molar-refractivity contribution in [2.75, 3.05) is 0 Å². The fourth-order valence-electron chi connectivity index (χ4n) is 7.96. The minimum atomic E-state index is 0.627. The van der Waals surface area contributed by atoms with Gasteiger partial charge in [0.2, 0.25) is 0 Å². The van der Waals surface area contributed by atoms with E-state index < -0.39 is 0 Å². The Kier molecular flexibility index (Phi) is 6.82. The van der Waals surface area contributed by atoms with Crippen LogP contribution < -0.4 is 0 Å². The van der Waals surface area contributed by atoms with Gasteiger partial charge in [0.1, 0.15) is 22.3 Å². The van der Waals surface area contributed by atoms with Crippen molar-refractivity contribution in [1.29, 1.82) is 0 Å². The molecule has 0 amide bonds. The van der Waals surface area contributed by atoms with E-state index in [2.05, 4.69) is 140 Å². The second-order valence-electron chi connectivity index (χ2n) is 13.7. The summed E-state index contributed by atoms with van der Waals surface area (Å²) < 4.78 is 13.1. The molecule has 0 aliphatic rings. The Morgan fingerprint density at radius 2 is 0.833 bits per heavy atom. The van der Waals surface area contributed by atoms with E-state index in [-0.39, 0.29) is 0 Å². The van der Waals surface area contributed by atoms with Crippen LogP contribution in [0.25, 0.3) is 111 Å². The quantitative estimate of drug-likeness (QED) is 0.180. The number of para-hydroxylation sites is 4. The third-order valence-electron chi connectivity index (χ3n) is 10.5. The van der Waals surface area contributed by atoms with Crippen molar-refractivity contribution in [2.24, 2.45) is 0 Å². The first-order valence-electron chi connectivity index (χ1n) is 18.2. The van der Waals surface area contributed by atoms with Crippen molar-refractivity contribution < 1.29 is 8.83 Å². The highest BCUT2D eigenvalue weighted by atomic mass is 16.3. The van der Waals surface area contributed by atoms with Gasteiger partial charge >= 0.3 is 0 Å². The maximum atomic E-state index is 6.57. The lowest BCUT2D eigenvalue weighted by molar-refractivity contribution is 0.669. The fourth-order valence-corrected chi connectivity index (χ4v) is 7.96. The zero-order valence-corrected chi connectivity index (χ0v) is 29.0. The molecule has 0 bridgehead atoms. The zero-order chi connectivity index (χ0) is 35.6. The molecule has 8 aromatic carbocycles. The molecule has 0 saturated carbocycles. The van der Waals surface area contributed by atoms with Gasteiger partial charge in [0.05, 0.1) is 11.4 Å². The molecule has 0 N–H and O–H groups in total. The summed E-state index contributed by atoms with van der Waals surface area (Å²) >= 11 is 0. The van der Waals surface area contributed by atoms with Crippen LogP contribution in [-0.2, 0) is 0 Å². The lowest BCUT2D eigenvalue weighted by atomic mass is 9.92. The fraction of sp³-hybridized carbons (Fsp3) is 0. The summed E-state index contributed by atoms with van der Waals surface area (Å²) in [6, 6.07) is 63.1. The molecule has 0 radical (unpaired) electrons. The lowest BCUT2D eigenvalue weighted by Gasteiger charge is -2.16. The molecule has 11 aromatic rings. The Bertz CT molecular complexity index is 3080. The van der Waals surface area contributed by atoms with Crippen molar-refractivity contribution >= 4 is 54.6 Å². The Morgan fingerprint density at radius 3 is 1.46 bits per heavy atom. The summed E-state index contributed by atoms with van der Waals surface area (Å²) in [5, 5.41) is 6.44. The Hall–Kier alpha value is -7.30. The molecule has 11 rings (SSSR count). The predicted octanol–water partition coefficient (Wildman–Crippen LogP) is 13.8. The standard InChI is InChI=1S/C50H30N2O2/c1-2-12-31(13-3-1)32-24-26-34(27-25-32)36-29-28-33-14-4-5-15-35(33)47(36)50-51-43(41-20-10-18-39-37-16-6-8-22-45(37)53-48(39)41)30-44(52-50)42-21-11-19-40-38-17-7-9-23-46(38)54-49(40)42/h1-30H. The van der Waals surface area contributed by atoms with E-state index in [1.807, 2.05) is 42.5 Å². The molecular weight excluding hydrogens is 661 g/mol. The van der Waals surface area contributed by atoms with Crippen LogP contribution in [-0.4, -0.2) is 9.97 Å². The number of benzene rings is 8. The summed E-state index contributed by atoms with van der Waals surface area (Å²) in [6.07, 6.45) is 0. The van der Waals surface area contributed by atoms with Gasteiger partial charge in [-0.25, -0.2) is 9.97 Å². The summed E-state index contributed by atoms with van der Waals surface area (Å²) in [4.78, 5) is 10.9. The molecule has 0 fully saturated rings. The van der Waals surface area contributed by atoms with Gasteiger partial charge in [-0.3, -0.25) is 0 Å². The number of rotatable bonds is 5. The van der Waals surface area contributed by atoms with E-state index in [0.717, 1.165) is 93.9 Å². The number of fused-ring (bicyclic) bond motifs is 7. The van der Waals surface area contributed by atoms with E-state index in [4.69, 9.17) is 18.8 Å². The lowest BCUT2D eigenvalue weighted by Crippen LogP contribution is -1.99. The minimum absolute atomic E-state index is 0.627. The highest BCUT2D eigenvalue weighted by Crippen LogP contribution is 2.42. The van der Waals surface area contributed by atoms with Crippen molar-refractivity contribution in [2.45, 2.75) is 0 Å². The van der Waals surface area contributed by atoms with Crippen LogP contribution in [0.2, 0.25) is 0 Å². The number of hydrogen-bond acceptors (Lipinski definition) is 4. The van der Waals surface area contributed by atoms with Crippen LogP contribution in [0.3, 0.4) is 0 Å². The van der Waals surface area contributed by atoms with Crippen LogP contribution in [0.15, 0.2) is 191 Å². The van der Waals surface area contributed by atoms with Crippen LogP contribution in [0.4, 0.5) is 0 Å². The van der Waals surface area contributed by atoms with Crippen LogP contribution in [0.1, 0.15) is 0 Å². The van der Waals surface area contributed by atoms with Crippen LogP contribution in [0.5, 0.6) is 0 Å². The second kappa shape index (κ2) is 12.1. The predicted molar refractivity (Wildman–Crippen MR) is 221 cm³/mol. The molecule has 4 nitrogen and oxygen atoms in total. The average Bonchev–Trinajstić information content (AvgIpc) is 3.82. The Balaban J connectivity index is 1.20. The largest absolute Gasteiger partial charge is 0.455 e. The van der Waals surface area contributed by atoms with E-state index in [0.29, 0.717) is 5.82 Å². The summed E-state index contributed by atoms with van der Waals surface area (Å²) in [5.41, 5.74) is 12.1. The summed E-state index contributed by atoms with van der Waals surface area (Å²) in [6.45, 7) is 0. The highest BCUT2D eigenvalue weighted by Gasteiger charge is 2.22. The molecule has 252 valence electrons. The van der Waals surface area contributed by atoms with Gasteiger partial charge in [-0.05, 0) is 63.4 Å². The number of aromatic nitrogens is 2. The van der Waals surface area contributed by atoms with Crippen LogP contribution in [0, 0.1) is 0 Å². The zero-order valence-electron chi connectivity index (χ0n) is 29.0. The molecule has 0 unspecified atom stereocenters. The third kappa shape index (κ3) is 4.85. The van der Waals surface area contributed by atoms with Gasteiger partial charge in [0.15, 0.2) is 5.82 Å². The molecule has 3 aromatic heterocycles. The first-order chi connectivity index (χ1) is 26.8. The normalized spacial score (nSPS) is 11.7. The number of furan rings is 2. The van der Waals surface area contributed by atoms with E-state index >= 15 is 0 Å². The van der Waals surface area contributed by atoms with Crippen molar-refractivity contribution in [3.63, 3.8) is 0 Å². The van der Waals surface area contributed by atoms with Gasteiger partial charge in [-0.2, -0.15) is 0 Å². The minimum Gasteiger partial charge on any atom is -0.455 e. The molecule has 0 atom stereocenters. The second-order valence-corrected chi connectivity index (χ2v) is 13.7. The summed E-state index contributed by atoms with van der Waals surface area (Å²) in [7, 11) is 0. The van der Waals surface area contributed by atoms with Gasteiger partial charge in [-0.1, -0.05) is 152 Å². The van der Waals surface area contributed by atoms with Gasteiger partial charge in [0.25, 0.3) is 0 Å². The topological polar surface area (TPSA) is 52.1 Å². The SMILES string of the molecule is c1ccc(-c2ccc(-c3ccc4ccccc4c3-c3nc(-c4cccc5c4oc4ccccc45)cc(-c4cccc5c4oc4ccccc45)n3)cc2)cc1. The maximum Gasteiger partial charge on any atom is 0.161 e. The summed E-state index contributed by atoms with van der Waals surface area (Å²) in [5.74, 6) is 0.627. The van der Waals surface area contributed by atoms with Gasteiger partial charge in [0, 0.05) is 38.2 Å². The molecular formula is C50H30N2O2. The van der Waals surface area contributed by atoms with Crippen LogP contribution >= 0.6 is 0 Å². The average molecular weight is 691 g/mol. The number of hydrogen-bond donors (Lipinski definition) is 0. The molecule has 0 spiro atoms. The van der Waals surface area contributed by atoms with Crippen molar-refractivity contribution in [3.05, 3.63) is 182 Å². The molecule has 0 saturated heterocycles.